The van der Waals surface area contributed by atoms with Crippen molar-refractivity contribution in [1.82, 2.24) is 20.2 Å². The summed E-state index contributed by atoms with van der Waals surface area (Å²) in [7, 11) is 0. The number of aromatic nitrogens is 2. The molecule has 44 heavy (non-hydrogen) atoms. The first-order valence-electron chi connectivity index (χ1n) is 15.4. The number of ether oxygens (including phenoxy) is 3. The van der Waals surface area contributed by atoms with Gasteiger partial charge in [-0.15, -0.1) is 0 Å². The molecule has 240 valence electrons. The fourth-order valence-electron chi connectivity index (χ4n) is 6.30. The standard InChI is InChI=1S/C32H42F2N4O6/c1-7-42-20-11-12-21-22(14-20)36-27-25(35-21)32(33,34)13-9-8-10-19-15-31(19,6)44-29(41)37-26(30(3,4)5)28(40)38-16-24(43-27)18(2)23(38)17-39/h11-12,14,17-19,23-24,26H,7-10,13,15-16H2,1-6H3,(H,37,41)/t18-,19+,23+,24-,26+,31+/m0/s1. The lowest BCUT2D eigenvalue weighted by Crippen LogP contribution is -2.56. The van der Waals surface area contributed by atoms with Crippen molar-refractivity contribution in [3.63, 3.8) is 0 Å². The van der Waals surface area contributed by atoms with Crippen LogP contribution in [0.3, 0.4) is 0 Å². The van der Waals surface area contributed by atoms with Gasteiger partial charge < -0.3 is 29.2 Å². The monoisotopic (exact) mass is 616 g/mol. The quantitative estimate of drug-likeness (QED) is 0.455. The van der Waals surface area contributed by atoms with Gasteiger partial charge in [0.15, 0.2) is 5.69 Å². The first-order chi connectivity index (χ1) is 20.7. The highest BCUT2D eigenvalue weighted by atomic mass is 19.3. The van der Waals surface area contributed by atoms with Gasteiger partial charge >= 0.3 is 6.09 Å². The molecule has 1 saturated carbocycles. The zero-order valence-electron chi connectivity index (χ0n) is 26.2. The predicted molar refractivity (Wildman–Crippen MR) is 158 cm³/mol. The summed E-state index contributed by atoms with van der Waals surface area (Å²) in [4.78, 5) is 49.5. The number of aldehydes is 1. The molecule has 2 aromatic rings. The van der Waals surface area contributed by atoms with Gasteiger partial charge in [-0.2, -0.15) is 8.78 Å². The van der Waals surface area contributed by atoms with Gasteiger partial charge in [0.25, 0.3) is 5.92 Å². The smallest absolute Gasteiger partial charge is 0.408 e. The molecule has 10 nitrogen and oxygen atoms in total. The van der Waals surface area contributed by atoms with Crippen LogP contribution in [0.4, 0.5) is 13.6 Å². The molecule has 0 radical (unpaired) electrons. The largest absolute Gasteiger partial charge is 0.494 e. The summed E-state index contributed by atoms with van der Waals surface area (Å²) in [5, 5.41) is 2.76. The Hall–Kier alpha value is -3.57. The van der Waals surface area contributed by atoms with Crippen LogP contribution in [0.25, 0.3) is 11.0 Å². The average Bonchev–Trinajstić information content (AvgIpc) is 3.47. The van der Waals surface area contributed by atoms with Crippen LogP contribution in [0.1, 0.15) is 79.3 Å². The minimum absolute atomic E-state index is 0.0306. The summed E-state index contributed by atoms with van der Waals surface area (Å²) in [6, 6.07) is 2.94. The maximum absolute atomic E-state index is 15.9. The second-order valence-electron chi connectivity index (χ2n) is 13.6. The Morgan fingerprint density at radius 2 is 1.93 bits per heavy atom. The lowest BCUT2D eigenvalue weighted by atomic mass is 9.85. The third-order valence-corrected chi connectivity index (χ3v) is 9.16. The zero-order chi connectivity index (χ0) is 32.0. The van der Waals surface area contributed by atoms with Crippen LogP contribution < -0.4 is 14.8 Å². The molecule has 1 saturated heterocycles. The third-order valence-electron chi connectivity index (χ3n) is 9.16. The highest BCUT2D eigenvalue weighted by Crippen LogP contribution is 2.50. The molecule has 6 atom stereocenters. The minimum Gasteiger partial charge on any atom is -0.494 e. The van der Waals surface area contributed by atoms with Crippen LogP contribution in [0.15, 0.2) is 18.2 Å². The van der Waals surface area contributed by atoms with Gasteiger partial charge in [0.2, 0.25) is 11.8 Å². The average molecular weight is 617 g/mol. The zero-order valence-corrected chi connectivity index (χ0v) is 26.2. The van der Waals surface area contributed by atoms with Crippen LogP contribution in [-0.4, -0.2) is 70.1 Å². The van der Waals surface area contributed by atoms with Crippen LogP contribution in [-0.2, 0) is 20.2 Å². The van der Waals surface area contributed by atoms with E-state index in [9.17, 15) is 14.4 Å². The van der Waals surface area contributed by atoms with Crippen molar-refractivity contribution in [3.8, 4) is 11.6 Å². The van der Waals surface area contributed by atoms with Gasteiger partial charge in [-0.25, -0.2) is 14.8 Å². The molecule has 1 aliphatic carbocycles. The number of rotatable bonds is 3. The van der Waals surface area contributed by atoms with Crippen molar-refractivity contribution in [3.05, 3.63) is 23.9 Å². The molecule has 3 aliphatic rings. The molecule has 2 bridgehead atoms. The van der Waals surface area contributed by atoms with E-state index in [1.165, 1.54) is 4.90 Å². The van der Waals surface area contributed by atoms with Gasteiger partial charge in [-0.3, -0.25) is 4.79 Å². The topological polar surface area (TPSA) is 120 Å². The highest BCUT2D eigenvalue weighted by molar-refractivity contribution is 5.89. The number of hydrogen-bond acceptors (Lipinski definition) is 8. The third kappa shape index (κ3) is 6.30. The van der Waals surface area contributed by atoms with Crippen LogP contribution in [0.5, 0.6) is 11.6 Å². The number of alkyl halides is 2. The van der Waals surface area contributed by atoms with Crippen LogP contribution in [0.2, 0.25) is 0 Å². The van der Waals surface area contributed by atoms with E-state index in [-0.39, 0.29) is 30.3 Å². The van der Waals surface area contributed by atoms with E-state index in [2.05, 4.69) is 15.3 Å². The number of hydrogen-bond donors (Lipinski definition) is 1. The molecule has 0 spiro atoms. The number of fused-ring (bicyclic) bond motifs is 5. The molecule has 0 unspecified atom stereocenters. The lowest BCUT2D eigenvalue weighted by molar-refractivity contribution is -0.139. The molecule has 2 amide bonds. The number of nitrogens with one attached hydrogen (secondary N) is 1. The minimum atomic E-state index is -3.36. The van der Waals surface area contributed by atoms with Gasteiger partial charge in [0.05, 0.1) is 30.2 Å². The van der Waals surface area contributed by atoms with Crippen molar-refractivity contribution in [2.24, 2.45) is 17.3 Å². The Morgan fingerprint density at radius 1 is 1.18 bits per heavy atom. The fraction of sp³-hybridized carbons (Fsp3) is 0.656. The number of carbonyl (C=O) groups excluding carboxylic acids is 3. The molecule has 2 aliphatic heterocycles. The van der Waals surface area contributed by atoms with E-state index in [1.54, 1.807) is 25.1 Å². The molecule has 1 aromatic heterocycles. The Bertz CT molecular complexity index is 1430. The number of alkyl carbamates (subject to hydrolysis) is 1. The van der Waals surface area contributed by atoms with Crippen LogP contribution in [0, 0.1) is 17.3 Å². The first kappa shape index (κ1) is 31.8. The molecule has 5 rings (SSSR count). The Balaban J connectivity index is 1.56. The van der Waals surface area contributed by atoms with Crippen molar-refractivity contribution in [2.45, 2.75) is 103 Å². The van der Waals surface area contributed by atoms with E-state index in [1.807, 2.05) is 34.6 Å². The van der Waals surface area contributed by atoms with Gasteiger partial charge in [0.1, 0.15) is 29.8 Å². The van der Waals surface area contributed by atoms with Gasteiger partial charge in [-0.05, 0) is 50.7 Å². The summed E-state index contributed by atoms with van der Waals surface area (Å²) in [5.74, 6) is -4.20. The molecule has 12 heteroatoms. The van der Waals surface area contributed by atoms with Crippen molar-refractivity contribution in [1.29, 1.82) is 0 Å². The van der Waals surface area contributed by atoms with Crippen molar-refractivity contribution >= 4 is 29.3 Å². The van der Waals surface area contributed by atoms with E-state index < -0.39 is 65.2 Å². The second-order valence-corrected chi connectivity index (χ2v) is 13.6. The molecule has 2 fully saturated rings. The SMILES string of the molecule is CCOc1ccc2nc3c(nc2c1)O[C@H]1CN(C(=O)[C@H](C(C)(C)C)NC(=O)O[C@]2(C)C[C@H]2CCCCC3(F)F)[C@H](C=O)[C@@H]1C. The first-order valence-corrected chi connectivity index (χ1v) is 15.4. The maximum atomic E-state index is 15.9. The Kier molecular flexibility index (Phi) is 8.50. The predicted octanol–water partition coefficient (Wildman–Crippen LogP) is 5.41. The van der Waals surface area contributed by atoms with Crippen LogP contribution >= 0.6 is 0 Å². The number of carbonyl (C=O) groups is 3. The normalized spacial score (nSPS) is 31.0. The van der Waals surface area contributed by atoms with Crippen molar-refractivity contribution in [2.75, 3.05) is 13.2 Å². The van der Waals surface area contributed by atoms with E-state index in [4.69, 9.17) is 14.2 Å². The second kappa shape index (κ2) is 11.7. The van der Waals surface area contributed by atoms with Crippen molar-refractivity contribution < 1.29 is 37.4 Å². The summed E-state index contributed by atoms with van der Waals surface area (Å²) in [6.07, 6.45) is 0.566. The highest BCUT2D eigenvalue weighted by Gasteiger charge is 2.54. The van der Waals surface area contributed by atoms with E-state index in [0.717, 1.165) is 0 Å². The summed E-state index contributed by atoms with van der Waals surface area (Å²) < 4.78 is 49.3. The Morgan fingerprint density at radius 3 is 2.61 bits per heavy atom. The number of amides is 2. The lowest BCUT2D eigenvalue weighted by Gasteiger charge is -2.35. The fourth-order valence-corrected chi connectivity index (χ4v) is 6.30. The summed E-state index contributed by atoms with van der Waals surface area (Å²) >= 11 is 0. The Labute approximate surface area is 256 Å². The van der Waals surface area contributed by atoms with Gasteiger partial charge in [-0.1, -0.05) is 34.1 Å². The number of benzene rings is 1. The molecular formula is C32H42F2N4O6. The maximum Gasteiger partial charge on any atom is 0.408 e. The molecule has 3 heterocycles. The summed E-state index contributed by atoms with van der Waals surface area (Å²) in [5.41, 5.74) is -1.44. The number of nitrogens with zero attached hydrogens (tertiary/aromatic N) is 3. The molecule has 1 aromatic carbocycles. The summed E-state index contributed by atoms with van der Waals surface area (Å²) in [6.45, 7) is 11.1. The molecule has 1 N–H and O–H groups in total. The number of halogens is 2. The van der Waals surface area contributed by atoms with E-state index in [0.29, 0.717) is 43.4 Å². The molecular weight excluding hydrogens is 574 g/mol. The van der Waals surface area contributed by atoms with Gasteiger partial charge in [0, 0.05) is 24.3 Å². The van der Waals surface area contributed by atoms with E-state index >= 15 is 8.78 Å².